The third kappa shape index (κ3) is 6.10. The average molecular weight is 541 g/mol. The first-order chi connectivity index (χ1) is 18.0. The molecule has 3 unspecified atom stereocenters. The van der Waals surface area contributed by atoms with Crippen molar-refractivity contribution in [3.05, 3.63) is 41.0 Å². The Balaban J connectivity index is 1.41. The van der Waals surface area contributed by atoms with Gasteiger partial charge in [0.2, 0.25) is 17.7 Å². The van der Waals surface area contributed by atoms with Gasteiger partial charge in [0.15, 0.2) is 0 Å². The van der Waals surface area contributed by atoms with Crippen LogP contribution in [-0.2, 0) is 20.9 Å². The predicted octanol–water partition coefficient (Wildman–Crippen LogP) is 3.66. The lowest BCUT2D eigenvalue weighted by Gasteiger charge is -2.31. The van der Waals surface area contributed by atoms with Crippen molar-refractivity contribution in [2.24, 2.45) is 17.3 Å². The number of amides is 3. The van der Waals surface area contributed by atoms with Crippen molar-refractivity contribution < 1.29 is 19.5 Å². The molecule has 1 aliphatic heterocycles. The van der Waals surface area contributed by atoms with E-state index in [9.17, 15) is 19.5 Å². The standard InChI is InChI=1S/C29H40N4O4S/c1-17(2)12-23(32-28(37)29(10-11-29)18(3)4)27(36)33-15-22(34)13-24(33)26(35)30-14-20-6-8-21(9-7-20)25-19(5)31-16-38-25/h6-9,16-18,22-24,34H,10-15H2,1-5H3,(H,30,35)(H,32,37). The zero-order valence-electron chi connectivity index (χ0n) is 23.0. The molecule has 3 atom stereocenters. The fourth-order valence-corrected chi connectivity index (χ4v) is 6.17. The fourth-order valence-electron chi connectivity index (χ4n) is 5.36. The number of likely N-dealkylation sites (tertiary alicyclic amines) is 1. The van der Waals surface area contributed by atoms with E-state index in [4.69, 9.17) is 0 Å². The van der Waals surface area contributed by atoms with E-state index in [1.165, 1.54) is 4.90 Å². The van der Waals surface area contributed by atoms with E-state index >= 15 is 0 Å². The lowest BCUT2D eigenvalue weighted by molar-refractivity contribution is -0.142. The molecule has 3 N–H and O–H groups in total. The molecule has 206 valence electrons. The third-order valence-corrected chi connectivity index (χ3v) is 8.93. The molecule has 2 fully saturated rings. The number of nitrogens with zero attached hydrogens (tertiary/aromatic N) is 2. The summed E-state index contributed by atoms with van der Waals surface area (Å²) in [6.45, 7) is 10.5. The molecule has 2 aromatic rings. The number of hydrogen-bond acceptors (Lipinski definition) is 6. The molecule has 2 aliphatic rings. The molecule has 0 radical (unpaired) electrons. The summed E-state index contributed by atoms with van der Waals surface area (Å²) in [6, 6.07) is 6.47. The first-order valence-electron chi connectivity index (χ1n) is 13.6. The van der Waals surface area contributed by atoms with Crippen LogP contribution in [-0.4, -0.2) is 57.4 Å². The lowest BCUT2D eigenvalue weighted by Crippen LogP contribution is -2.55. The second-order valence-corrected chi connectivity index (χ2v) is 12.4. The molecule has 1 saturated carbocycles. The van der Waals surface area contributed by atoms with E-state index in [2.05, 4.69) is 15.6 Å². The summed E-state index contributed by atoms with van der Waals surface area (Å²) in [7, 11) is 0. The molecule has 1 aromatic heterocycles. The highest BCUT2D eigenvalue weighted by atomic mass is 32.1. The summed E-state index contributed by atoms with van der Waals surface area (Å²) in [6.07, 6.45) is 1.54. The van der Waals surface area contributed by atoms with Crippen molar-refractivity contribution in [3.8, 4) is 10.4 Å². The summed E-state index contributed by atoms with van der Waals surface area (Å²) in [4.78, 5) is 46.9. The Labute approximate surface area is 229 Å². The number of aliphatic hydroxyl groups excluding tert-OH is 1. The molecule has 8 nitrogen and oxygen atoms in total. The van der Waals surface area contributed by atoms with Gasteiger partial charge in [-0.2, -0.15) is 0 Å². The van der Waals surface area contributed by atoms with Crippen LogP contribution >= 0.6 is 11.3 Å². The number of aromatic nitrogens is 1. The van der Waals surface area contributed by atoms with Crippen molar-refractivity contribution in [3.63, 3.8) is 0 Å². The highest BCUT2D eigenvalue weighted by Gasteiger charge is 2.53. The number of carbonyl (C=O) groups excluding carboxylic acids is 3. The van der Waals surface area contributed by atoms with Gasteiger partial charge in [-0.05, 0) is 49.1 Å². The number of aryl methyl sites for hydroxylation is 1. The van der Waals surface area contributed by atoms with Crippen molar-refractivity contribution in [2.45, 2.75) is 85.0 Å². The van der Waals surface area contributed by atoms with Crippen LogP contribution in [0.2, 0.25) is 0 Å². The maximum atomic E-state index is 13.7. The topological polar surface area (TPSA) is 112 Å². The molecule has 1 saturated heterocycles. The zero-order valence-corrected chi connectivity index (χ0v) is 23.8. The van der Waals surface area contributed by atoms with Gasteiger partial charge in [0.25, 0.3) is 0 Å². The highest BCUT2D eigenvalue weighted by molar-refractivity contribution is 7.13. The number of hydrogen-bond donors (Lipinski definition) is 3. The molecule has 2 heterocycles. The quantitative estimate of drug-likeness (QED) is 0.426. The van der Waals surface area contributed by atoms with Gasteiger partial charge in [0.05, 0.1) is 27.6 Å². The summed E-state index contributed by atoms with van der Waals surface area (Å²) in [5.74, 6) is -0.302. The maximum absolute atomic E-state index is 13.7. The molecule has 9 heteroatoms. The van der Waals surface area contributed by atoms with Crippen molar-refractivity contribution in [2.75, 3.05) is 6.54 Å². The largest absolute Gasteiger partial charge is 0.391 e. The average Bonchev–Trinajstić information content (AvgIpc) is 3.45. The van der Waals surface area contributed by atoms with Crippen LogP contribution in [0.1, 0.15) is 64.6 Å². The SMILES string of the molecule is Cc1ncsc1-c1ccc(CNC(=O)C2CC(O)CN2C(=O)C(CC(C)C)NC(=O)C2(C(C)C)CC2)cc1. The maximum Gasteiger partial charge on any atom is 0.245 e. The Morgan fingerprint density at radius 1 is 1.16 bits per heavy atom. The molecule has 4 rings (SSSR count). The minimum Gasteiger partial charge on any atom is -0.391 e. The normalized spacial score (nSPS) is 21.0. The second-order valence-electron chi connectivity index (χ2n) is 11.5. The molecular weight excluding hydrogens is 500 g/mol. The Hall–Kier alpha value is -2.78. The zero-order chi connectivity index (χ0) is 27.6. The number of nitrogens with one attached hydrogen (secondary N) is 2. The van der Waals surface area contributed by atoms with E-state index in [-0.39, 0.29) is 42.5 Å². The van der Waals surface area contributed by atoms with Crippen LogP contribution in [0.5, 0.6) is 0 Å². The van der Waals surface area contributed by atoms with E-state index in [0.29, 0.717) is 13.0 Å². The number of β-amino-alcohol motifs (C(OH)–C–C–N with tert-alkyl or cyclic N) is 1. The summed E-state index contributed by atoms with van der Waals surface area (Å²) < 4.78 is 0. The fraction of sp³-hybridized carbons (Fsp3) is 0.586. The van der Waals surface area contributed by atoms with Crippen LogP contribution in [0.3, 0.4) is 0 Å². The van der Waals surface area contributed by atoms with Crippen LogP contribution in [0.4, 0.5) is 0 Å². The Morgan fingerprint density at radius 2 is 1.84 bits per heavy atom. The summed E-state index contributed by atoms with van der Waals surface area (Å²) in [5.41, 5.74) is 4.44. The number of thiazole rings is 1. The van der Waals surface area contributed by atoms with E-state index in [1.54, 1.807) is 11.3 Å². The summed E-state index contributed by atoms with van der Waals surface area (Å²) >= 11 is 1.59. The summed E-state index contributed by atoms with van der Waals surface area (Å²) in [5, 5.41) is 16.3. The van der Waals surface area contributed by atoms with Gasteiger partial charge >= 0.3 is 0 Å². The van der Waals surface area contributed by atoms with Crippen molar-refractivity contribution >= 4 is 29.1 Å². The van der Waals surface area contributed by atoms with Gasteiger partial charge in [0.1, 0.15) is 12.1 Å². The van der Waals surface area contributed by atoms with E-state index < -0.39 is 23.6 Å². The van der Waals surface area contributed by atoms with Gasteiger partial charge in [-0.15, -0.1) is 11.3 Å². The molecule has 0 bridgehead atoms. The Kier molecular flexibility index (Phi) is 8.57. The van der Waals surface area contributed by atoms with Gasteiger partial charge in [-0.1, -0.05) is 52.0 Å². The van der Waals surface area contributed by atoms with Crippen molar-refractivity contribution in [1.82, 2.24) is 20.5 Å². The van der Waals surface area contributed by atoms with Gasteiger partial charge in [-0.3, -0.25) is 14.4 Å². The number of rotatable bonds is 10. The minimum absolute atomic E-state index is 0.0794. The second kappa shape index (κ2) is 11.5. The van der Waals surface area contributed by atoms with Gasteiger partial charge < -0.3 is 20.6 Å². The predicted molar refractivity (Wildman–Crippen MR) is 148 cm³/mol. The first kappa shape index (κ1) is 28.2. The van der Waals surface area contributed by atoms with Gasteiger partial charge in [0, 0.05) is 19.5 Å². The Bertz CT molecular complexity index is 1160. The van der Waals surface area contributed by atoms with Crippen LogP contribution < -0.4 is 10.6 Å². The van der Waals surface area contributed by atoms with Crippen molar-refractivity contribution in [1.29, 1.82) is 0 Å². The molecular formula is C29H40N4O4S. The number of carbonyl (C=O) groups is 3. The van der Waals surface area contributed by atoms with E-state index in [0.717, 1.165) is 34.5 Å². The molecule has 3 amide bonds. The molecule has 0 spiro atoms. The van der Waals surface area contributed by atoms with Crippen LogP contribution in [0, 0.1) is 24.2 Å². The molecule has 1 aromatic carbocycles. The number of aliphatic hydroxyl groups is 1. The van der Waals surface area contributed by atoms with Gasteiger partial charge in [-0.25, -0.2) is 4.98 Å². The highest BCUT2D eigenvalue weighted by Crippen LogP contribution is 2.52. The van der Waals surface area contributed by atoms with Crippen LogP contribution in [0.15, 0.2) is 29.8 Å². The third-order valence-electron chi connectivity index (χ3n) is 7.95. The lowest BCUT2D eigenvalue weighted by atomic mass is 9.90. The smallest absolute Gasteiger partial charge is 0.245 e. The monoisotopic (exact) mass is 540 g/mol. The Morgan fingerprint density at radius 3 is 2.39 bits per heavy atom. The number of benzene rings is 1. The van der Waals surface area contributed by atoms with Crippen LogP contribution in [0.25, 0.3) is 10.4 Å². The molecule has 1 aliphatic carbocycles. The minimum atomic E-state index is -0.780. The first-order valence-corrected chi connectivity index (χ1v) is 14.5. The molecule has 38 heavy (non-hydrogen) atoms. The van der Waals surface area contributed by atoms with E-state index in [1.807, 2.05) is 64.4 Å².